The van der Waals surface area contributed by atoms with E-state index in [0.29, 0.717) is 49.0 Å². The van der Waals surface area contributed by atoms with E-state index in [1.54, 1.807) is 6.20 Å². The van der Waals surface area contributed by atoms with Gasteiger partial charge in [-0.2, -0.15) is 9.97 Å². The Bertz CT molecular complexity index is 1070. The molecule has 1 fully saturated rings. The molecule has 0 radical (unpaired) electrons. The first kappa shape index (κ1) is 20.0. The Morgan fingerprint density at radius 2 is 1.80 bits per heavy atom. The third-order valence-corrected chi connectivity index (χ3v) is 4.84. The number of nitrogens with one attached hydrogen (secondary N) is 1. The topological polar surface area (TPSA) is 119 Å². The van der Waals surface area contributed by atoms with Gasteiger partial charge in [0.15, 0.2) is 17.0 Å². The number of carbonyl (C=O) groups excluding carboxylic acids is 1. The highest BCUT2D eigenvalue weighted by Gasteiger charge is 2.21. The van der Waals surface area contributed by atoms with Gasteiger partial charge < -0.3 is 20.7 Å². The zero-order valence-corrected chi connectivity index (χ0v) is 17.3. The Hall–Kier alpha value is -3.33. The maximum absolute atomic E-state index is 12.2. The van der Waals surface area contributed by atoms with E-state index >= 15 is 0 Å². The summed E-state index contributed by atoms with van der Waals surface area (Å²) in [6, 6.07) is 7.52. The minimum atomic E-state index is -0.458. The van der Waals surface area contributed by atoms with Crippen molar-refractivity contribution in [2.45, 2.75) is 20.8 Å². The van der Waals surface area contributed by atoms with Crippen molar-refractivity contribution in [3.05, 3.63) is 30.5 Å². The molecule has 1 amide bonds. The number of nitrogens with zero attached hydrogens (tertiary/aromatic N) is 5. The number of hydrogen-bond acceptors (Lipinski definition) is 8. The van der Waals surface area contributed by atoms with E-state index in [-0.39, 0.29) is 11.9 Å². The van der Waals surface area contributed by atoms with E-state index in [0.717, 1.165) is 11.3 Å². The van der Waals surface area contributed by atoms with Crippen LogP contribution in [0.4, 0.5) is 17.5 Å². The summed E-state index contributed by atoms with van der Waals surface area (Å²) in [6.07, 6.45) is 1.67. The van der Waals surface area contributed by atoms with E-state index in [2.05, 4.69) is 25.2 Å². The molecule has 0 aliphatic carbocycles. The Morgan fingerprint density at radius 1 is 1.10 bits per heavy atom. The lowest BCUT2D eigenvalue weighted by atomic mass is 9.95. The SMILES string of the molecule is CC(C)(C)C(=O)Nc1ccc(-c2cnc3nc(N)nc(N4CCOCC4)c3n2)cc1. The van der Waals surface area contributed by atoms with Crippen LogP contribution in [0.1, 0.15) is 20.8 Å². The first-order valence-electron chi connectivity index (χ1n) is 9.86. The second-order valence-electron chi connectivity index (χ2n) is 8.21. The van der Waals surface area contributed by atoms with Crippen molar-refractivity contribution >= 4 is 34.5 Å². The van der Waals surface area contributed by atoms with Crippen LogP contribution >= 0.6 is 0 Å². The molecule has 3 heterocycles. The molecule has 3 aromatic rings. The number of morpholine rings is 1. The molecule has 9 nitrogen and oxygen atoms in total. The molecule has 9 heteroatoms. The van der Waals surface area contributed by atoms with Crippen molar-refractivity contribution in [3.63, 3.8) is 0 Å². The lowest BCUT2D eigenvalue weighted by Crippen LogP contribution is -2.37. The van der Waals surface area contributed by atoms with Gasteiger partial charge in [0.1, 0.15) is 0 Å². The largest absolute Gasteiger partial charge is 0.378 e. The number of ether oxygens (including phenoxy) is 1. The fourth-order valence-corrected chi connectivity index (χ4v) is 3.09. The van der Waals surface area contributed by atoms with Gasteiger partial charge in [0.25, 0.3) is 0 Å². The zero-order valence-electron chi connectivity index (χ0n) is 17.3. The normalized spacial score (nSPS) is 14.7. The van der Waals surface area contributed by atoms with Crippen LogP contribution in [0.3, 0.4) is 0 Å². The number of amides is 1. The van der Waals surface area contributed by atoms with Crippen LogP contribution in [0.15, 0.2) is 30.5 Å². The summed E-state index contributed by atoms with van der Waals surface area (Å²) >= 11 is 0. The third kappa shape index (κ3) is 4.16. The van der Waals surface area contributed by atoms with Crippen LogP contribution in [0, 0.1) is 5.41 Å². The van der Waals surface area contributed by atoms with Gasteiger partial charge in [-0.3, -0.25) is 4.79 Å². The summed E-state index contributed by atoms with van der Waals surface area (Å²) in [4.78, 5) is 32.1. The third-order valence-electron chi connectivity index (χ3n) is 4.84. The number of carbonyl (C=O) groups is 1. The highest BCUT2D eigenvalue weighted by Crippen LogP contribution is 2.27. The summed E-state index contributed by atoms with van der Waals surface area (Å²) in [5.41, 5.74) is 8.80. The first-order valence-corrected chi connectivity index (χ1v) is 9.86. The van der Waals surface area contributed by atoms with E-state index in [9.17, 15) is 4.79 Å². The molecule has 156 valence electrons. The van der Waals surface area contributed by atoms with Gasteiger partial charge in [-0.15, -0.1) is 0 Å². The number of anilines is 3. The van der Waals surface area contributed by atoms with Crippen LogP contribution in [0.2, 0.25) is 0 Å². The summed E-state index contributed by atoms with van der Waals surface area (Å²) in [7, 11) is 0. The number of rotatable bonds is 3. The average molecular weight is 407 g/mol. The molecule has 1 aromatic carbocycles. The highest BCUT2D eigenvalue weighted by molar-refractivity contribution is 5.94. The van der Waals surface area contributed by atoms with Gasteiger partial charge in [0, 0.05) is 29.8 Å². The van der Waals surface area contributed by atoms with Crippen LogP contribution in [0.5, 0.6) is 0 Å². The monoisotopic (exact) mass is 407 g/mol. The molecule has 30 heavy (non-hydrogen) atoms. The number of fused-ring (bicyclic) bond motifs is 1. The van der Waals surface area contributed by atoms with E-state index in [1.165, 1.54) is 0 Å². The molecule has 1 aliphatic heterocycles. The Labute approximate surface area is 174 Å². The van der Waals surface area contributed by atoms with Crippen molar-refractivity contribution in [2.24, 2.45) is 5.41 Å². The molecular formula is C21H25N7O2. The van der Waals surface area contributed by atoms with Crippen molar-refractivity contribution in [2.75, 3.05) is 42.3 Å². The Balaban J connectivity index is 1.66. The lowest BCUT2D eigenvalue weighted by molar-refractivity contribution is -0.123. The van der Waals surface area contributed by atoms with Crippen molar-refractivity contribution in [1.82, 2.24) is 19.9 Å². The molecule has 3 N–H and O–H groups in total. The lowest BCUT2D eigenvalue weighted by Gasteiger charge is -2.28. The smallest absolute Gasteiger partial charge is 0.229 e. The maximum atomic E-state index is 12.2. The summed E-state index contributed by atoms with van der Waals surface area (Å²) in [5, 5.41) is 2.92. The van der Waals surface area contributed by atoms with Crippen molar-refractivity contribution in [1.29, 1.82) is 0 Å². The molecule has 0 spiro atoms. The molecular weight excluding hydrogens is 382 g/mol. The molecule has 0 bridgehead atoms. The Kier molecular flexibility index (Phi) is 5.21. The number of nitrogens with two attached hydrogens (primary N) is 1. The fraction of sp³-hybridized carbons (Fsp3) is 0.381. The molecule has 1 saturated heterocycles. The quantitative estimate of drug-likeness (QED) is 0.680. The van der Waals surface area contributed by atoms with E-state index in [1.807, 2.05) is 45.0 Å². The van der Waals surface area contributed by atoms with E-state index in [4.69, 9.17) is 15.5 Å². The standard InChI is InChI=1S/C21H25N7O2/c1-21(2,3)19(29)24-14-6-4-13(5-7-14)15-12-23-17-16(25-15)18(27-20(22)26-17)28-8-10-30-11-9-28/h4-7,12H,8-11H2,1-3H3,(H,24,29)(H2,22,23,26,27). The number of nitrogen functional groups attached to an aromatic ring is 1. The second kappa shape index (κ2) is 7.83. The van der Waals surface area contributed by atoms with Gasteiger partial charge in [0.05, 0.1) is 25.1 Å². The highest BCUT2D eigenvalue weighted by atomic mass is 16.5. The van der Waals surface area contributed by atoms with Gasteiger partial charge in [0.2, 0.25) is 11.9 Å². The predicted octanol–water partition coefficient (Wildman–Crippen LogP) is 2.49. The zero-order chi connectivity index (χ0) is 21.3. The second-order valence-corrected chi connectivity index (χ2v) is 8.21. The fourth-order valence-electron chi connectivity index (χ4n) is 3.09. The van der Waals surface area contributed by atoms with Crippen LogP contribution in [-0.4, -0.2) is 52.1 Å². The molecule has 0 saturated carbocycles. The number of benzene rings is 1. The molecule has 4 rings (SSSR count). The van der Waals surface area contributed by atoms with Gasteiger partial charge in [-0.1, -0.05) is 32.9 Å². The predicted molar refractivity (Wildman–Crippen MR) is 116 cm³/mol. The number of hydrogen-bond donors (Lipinski definition) is 2. The molecule has 0 unspecified atom stereocenters. The maximum Gasteiger partial charge on any atom is 0.229 e. The minimum Gasteiger partial charge on any atom is -0.378 e. The molecule has 2 aromatic heterocycles. The minimum absolute atomic E-state index is 0.0364. The van der Waals surface area contributed by atoms with Gasteiger partial charge >= 0.3 is 0 Å². The van der Waals surface area contributed by atoms with Crippen LogP contribution < -0.4 is 16.0 Å². The van der Waals surface area contributed by atoms with E-state index < -0.39 is 5.41 Å². The van der Waals surface area contributed by atoms with Crippen LogP contribution in [0.25, 0.3) is 22.4 Å². The average Bonchev–Trinajstić information content (AvgIpc) is 2.73. The van der Waals surface area contributed by atoms with Crippen molar-refractivity contribution < 1.29 is 9.53 Å². The summed E-state index contributed by atoms with van der Waals surface area (Å²) < 4.78 is 5.43. The Morgan fingerprint density at radius 3 is 2.47 bits per heavy atom. The molecule has 0 atom stereocenters. The van der Waals surface area contributed by atoms with Crippen LogP contribution in [-0.2, 0) is 9.53 Å². The summed E-state index contributed by atoms with van der Waals surface area (Å²) in [6.45, 7) is 8.30. The van der Waals surface area contributed by atoms with Gasteiger partial charge in [-0.25, -0.2) is 9.97 Å². The number of aromatic nitrogens is 4. The summed E-state index contributed by atoms with van der Waals surface area (Å²) in [5.74, 6) is 0.805. The van der Waals surface area contributed by atoms with Crippen molar-refractivity contribution in [3.8, 4) is 11.3 Å². The molecule has 1 aliphatic rings. The van der Waals surface area contributed by atoms with Gasteiger partial charge in [-0.05, 0) is 12.1 Å². The first-order chi connectivity index (χ1) is 14.3.